The monoisotopic (exact) mass is 428 g/mol. The molecule has 0 aliphatic carbocycles. The number of carbonyl (C=O) groups is 2. The molecule has 3 rings (SSSR count). The lowest BCUT2D eigenvalue weighted by molar-refractivity contribution is -0.128. The first kappa shape index (κ1) is 21.5. The maximum absolute atomic E-state index is 12.5. The van der Waals surface area contributed by atoms with Crippen LogP contribution in [0.5, 0.6) is 0 Å². The summed E-state index contributed by atoms with van der Waals surface area (Å²) in [6, 6.07) is 14.2. The van der Waals surface area contributed by atoms with E-state index in [9.17, 15) is 18.0 Å². The molecule has 0 bridgehead atoms. The third-order valence-electron chi connectivity index (χ3n) is 4.73. The Hall–Kier alpha value is -3.17. The van der Waals surface area contributed by atoms with Gasteiger partial charge in [-0.1, -0.05) is 35.9 Å². The number of hydrogen-bond acceptors (Lipinski definition) is 4. The van der Waals surface area contributed by atoms with E-state index >= 15 is 0 Å². The Morgan fingerprint density at radius 2 is 1.67 bits per heavy atom. The molecule has 30 heavy (non-hydrogen) atoms. The van der Waals surface area contributed by atoms with Crippen molar-refractivity contribution in [2.24, 2.45) is 0 Å². The summed E-state index contributed by atoms with van der Waals surface area (Å²) in [5, 5.41) is 1.05. The van der Waals surface area contributed by atoms with Crippen molar-refractivity contribution >= 4 is 32.7 Å². The highest BCUT2D eigenvalue weighted by Crippen LogP contribution is 2.19. The van der Waals surface area contributed by atoms with E-state index in [0.717, 1.165) is 26.3 Å². The molecular weight excluding hydrogens is 404 g/mol. The molecule has 0 unspecified atom stereocenters. The van der Waals surface area contributed by atoms with Crippen LogP contribution in [0, 0.1) is 6.92 Å². The number of amides is 2. The van der Waals surface area contributed by atoms with Crippen molar-refractivity contribution in [3.63, 3.8) is 0 Å². The van der Waals surface area contributed by atoms with E-state index in [0.29, 0.717) is 6.42 Å². The van der Waals surface area contributed by atoms with Crippen LogP contribution in [0.15, 0.2) is 59.6 Å². The number of fused-ring (bicyclic) bond motifs is 1. The van der Waals surface area contributed by atoms with Crippen molar-refractivity contribution in [3.8, 4) is 0 Å². The van der Waals surface area contributed by atoms with Gasteiger partial charge in [-0.15, -0.1) is 0 Å². The van der Waals surface area contributed by atoms with E-state index in [1.165, 1.54) is 19.2 Å². The molecule has 9 heteroatoms. The highest BCUT2D eigenvalue weighted by molar-refractivity contribution is 7.89. The van der Waals surface area contributed by atoms with Crippen LogP contribution in [0.3, 0.4) is 0 Å². The van der Waals surface area contributed by atoms with E-state index in [4.69, 9.17) is 0 Å². The number of likely N-dealkylation sites (N-methyl/N-ethyl adjacent to an activating group) is 1. The Balaban J connectivity index is 1.47. The molecule has 0 saturated heterocycles. The molecule has 1 aromatic heterocycles. The fraction of sp³-hybridized carbons (Fsp3) is 0.238. The fourth-order valence-corrected chi connectivity index (χ4v) is 4.13. The number of H-pyrrole nitrogens is 1. The van der Waals surface area contributed by atoms with Crippen molar-refractivity contribution in [1.29, 1.82) is 0 Å². The number of para-hydroxylation sites is 1. The topological polar surface area (TPSA) is 111 Å². The van der Waals surface area contributed by atoms with Crippen LogP contribution >= 0.6 is 0 Å². The predicted molar refractivity (Wildman–Crippen MR) is 114 cm³/mol. The van der Waals surface area contributed by atoms with Gasteiger partial charge in [0.2, 0.25) is 15.9 Å². The van der Waals surface area contributed by atoms with Crippen LogP contribution in [0.4, 0.5) is 0 Å². The summed E-state index contributed by atoms with van der Waals surface area (Å²) in [5.41, 5.74) is 7.53. The summed E-state index contributed by atoms with van der Waals surface area (Å²) in [4.78, 5) is 27.4. The Labute approximate surface area is 175 Å². The first-order valence-electron chi connectivity index (χ1n) is 9.43. The zero-order valence-corrected chi connectivity index (χ0v) is 17.6. The van der Waals surface area contributed by atoms with E-state index in [2.05, 4.69) is 15.8 Å². The number of sulfonamides is 1. The van der Waals surface area contributed by atoms with Gasteiger partial charge < -0.3 is 4.98 Å². The molecule has 2 aromatic carbocycles. The summed E-state index contributed by atoms with van der Waals surface area (Å²) >= 11 is 0. The minimum absolute atomic E-state index is 0.103. The lowest BCUT2D eigenvalue weighted by atomic mass is 10.1. The van der Waals surface area contributed by atoms with Gasteiger partial charge in [0, 0.05) is 30.6 Å². The van der Waals surface area contributed by atoms with Crippen LogP contribution in [0.1, 0.15) is 17.5 Å². The summed E-state index contributed by atoms with van der Waals surface area (Å²) in [6.07, 6.45) is 2.55. The highest BCUT2D eigenvalue weighted by atomic mass is 32.2. The third kappa shape index (κ3) is 5.05. The number of aromatic amines is 1. The largest absolute Gasteiger partial charge is 0.361 e. The standard InChI is InChI=1S/C21H24N4O4S/c1-15-7-10-17(11-8-15)30(28,29)25(2)14-21(27)24-23-20(26)12-9-16-13-22-19-6-4-3-5-18(16)19/h3-8,10-11,13,22H,9,12,14H2,1-2H3,(H,23,26)(H,24,27). The molecular formula is C21H24N4O4S. The number of aryl methyl sites for hydroxylation is 2. The normalized spacial score (nSPS) is 11.6. The number of hydrazine groups is 1. The van der Waals surface area contributed by atoms with Crippen molar-refractivity contribution in [1.82, 2.24) is 20.1 Å². The van der Waals surface area contributed by atoms with Crippen molar-refractivity contribution < 1.29 is 18.0 Å². The zero-order chi connectivity index (χ0) is 21.7. The van der Waals surface area contributed by atoms with Crippen molar-refractivity contribution in [2.45, 2.75) is 24.7 Å². The number of rotatable bonds is 7. The van der Waals surface area contributed by atoms with Crippen LogP contribution < -0.4 is 10.9 Å². The Bertz CT molecular complexity index is 1150. The third-order valence-corrected chi connectivity index (χ3v) is 6.55. The maximum Gasteiger partial charge on any atom is 0.253 e. The molecule has 3 N–H and O–H groups in total. The zero-order valence-electron chi connectivity index (χ0n) is 16.8. The molecule has 158 valence electrons. The summed E-state index contributed by atoms with van der Waals surface area (Å²) in [7, 11) is -2.48. The van der Waals surface area contributed by atoms with Gasteiger partial charge in [0.15, 0.2) is 0 Å². The summed E-state index contributed by atoms with van der Waals surface area (Å²) < 4.78 is 26.0. The summed E-state index contributed by atoms with van der Waals surface area (Å²) in [5.74, 6) is -0.994. The lowest BCUT2D eigenvalue weighted by Gasteiger charge is -2.17. The fourth-order valence-electron chi connectivity index (χ4n) is 3.01. The van der Waals surface area contributed by atoms with Gasteiger partial charge in [0.05, 0.1) is 11.4 Å². The first-order chi connectivity index (χ1) is 14.3. The molecule has 2 amide bonds. The van der Waals surface area contributed by atoms with Crippen LogP contribution in [0.2, 0.25) is 0 Å². The second kappa shape index (κ2) is 9.10. The minimum Gasteiger partial charge on any atom is -0.361 e. The highest BCUT2D eigenvalue weighted by Gasteiger charge is 2.23. The van der Waals surface area contributed by atoms with Crippen molar-refractivity contribution in [2.75, 3.05) is 13.6 Å². The van der Waals surface area contributed by atoms with E-state index in [-0.39, 0.29) is 17.2 Å². The molecule has 0 radical (unpaired) electrons. The number of hydrogen-bond donors (Lipinski definition) is 3. The number of aromatic nitrogens is 1. The molecule has 3 aromatic rings. The maximum atomic E-state index is 12.5. The van der Waals surface area contributed by atoms with Crippen molar-refractivity contribution in [3.05, 3.63) is 65.9 Å². The molecule has 0 aliphatic rings. The van der Waals surface area contributed by atoms with Crippen LogP contribution in [-0.2, 0) is 26.0 Å². The van der Waals surface area contributed by atoms with E-state index in [1.54, 1.807) is 12.1 Å². The second-order valence-corrected chi connectivity index (χ2v) is 9.07. The number of benzene rings is 2. The van der Waals surface area contributed by atoms with Gasteiger partial charge in [-0.25, -0.2) is 8.42 Å². The Kier molecular flexibility index (Phi) is 6.53. The average molecular weight is 429 g/mol. The molecule has 0 spiro atoms. The van der Waals surface area contributed by atoms with Gasteiger partial charge in [0.25, 0.3) is 5.91 Å². The first-order valence-corrected chi connectivity index (χ1v) is 10.9. The average Bonchev–Trinajstić information content (AvgIpc) is 3.14. The van der Waals surface area contributed by atoms with Gasteiger partial charge in [-0.05, 0) is 37.1 Å². The van der Waals surface area contributed by atoms with Gasteiger partial charge in [-0.3, -0.25) is 20.4 Å². The van der Waals surface area contributed by atoms with E-state index < -0.39 is 22.5 Å². The summed E-state index contributed by atoms with van der Waals surface area (Å²) in [6.45, 7) is 1.44. The molecule has 0 atom stereocenters. The van der Waals surface area contributed by atoms with Crippen LogP contribution in [-0.4, -0.2) is 43.1 Å². The molecule has 8 nitrogen and oxygen atoms in total. The van der Waals surface area contributed by atoms with Gasteiger partial charge in [0.1, 0.15) is 0 Å². The minimum atomic E-state index is -3.79. The van der Waals surface area contributed by atoms with E-state index in [1.807, 2.05) is 37.4 Å². The molecule has 1 heterocycles. The SMILES string of the molecule is Cc1ccc(S(=O)(=O)N(C)CC(=O)NNC(=O)CCc2c[nH]c3ccccc23)cc1. The smallest absolute Gasteiger partial charge is 0.253 e. The lowest BCUT2D eigenvalue weighted by Crippen LogP contribution is -2.46. The number of nitrogens with zero attached hydrogens (tertiary/aromatic N) is 1. The number of carbonyl (C=O) groups excluding carboxylic acids is 2. The van der Waals surface area contributed by atoms with Gasteiger partial charge >= 0.3 is 0 Å². The quantitative estimate of drug-likeness (QED) is 0.499. The van der Waals surface area contributed by atoms with Gasteiger partial charge in [-0.2, -0.15) is 4.31 Å². The molecule has 0 fully saturated rings. The Morgan fingerprint density at radius 1 is 1.00 bits per heavy atom. The number of nitrogens with one attached hydrogen (secondary N) is 3. The molecule has 0 saturated carbocycles. The predicted octanol–water partition coefficient (Wildman–Crippen LogP) is 1.88. The van der Waals surface area contributed by atoms with Crippen LogP contribution in [0.25, 0.3) is 10.9 Å². The Morgan fingerprint density at radius 3 is 2.40 bits per heavy atom. The second-order valence-electron chi connectivity index (χ2n) is 7.03. The molecule has 0 aliphatic heterocycles.